The maximum absolute atomic E-state index is 11.0. The van der Waals surface area contributed by atoms with Gasteiger partial charge in [-0.1, -0.05) is 48.5 Å². The Bertz CT molecular complexity index is 1100. The number of anilines is 2. The molecule has 0 saturated heterocycles. The molecule has 4 rings (SSSR count). The molecule has 1 aromatic heterocycles. The molecule has 7 heteroatoms. The van der Waals surface area contributed by atoms with Crippen molar-refractivity contribution in [3.05, 3.63) is 89.0 Å². The maximum Gasteiger partial charge on any atom is 0.271 e. The fourth-order valence-electron chi connectivity index (χ4n) is 2.72. The third-order valence-electron chi connectivity index (χ3n) is 3.95. The van der Waals surface area contributed by atoms with Crippen LogP contribution in [0.15, 0.2) is 78.9 Å². The van der Waals surface area contributed by atoms with Gasteiger partial charge in [-0.2, -0.15) is 0 Å². The van der Waals surface area contributed by atoms with Gasteiger partial charge >= 0.3 is 0 Å². The molecule has 0 fully saturated rings. The summed E-state index contributed by atoms with van der Waals surface area (Å²) in [5.41, 5.74) is 2.33. The molecule has 0 aliphatic carbocycles. The number of nitro groups is 1. The predicted molar refractivity (Wildman–Crippen MR) is 109 cm³/mol. The van der Waals surface area contributed by atoms with Gasteiger partial charge in [-0.3, -0.25) is 10.1 Å². The van der Waals surface area contributed by atoms with Crippen LogP contribution in [0, 0.1) is 10.1 Å². The highest BCUT2D eigenvalue weighted by molar-refractivity contribution is 5.92. The Morgan fingerprint density at radius 3 is 2.37 bits per heavy atom. The van der Waals surface area contributed by atoms with Gasteiger partial charge in [-0.25, -0.2) is 9.97 Å². The van der Waals surface area contributed by atoms with Gasteiger partial charge in [0.05, 0.1) is 10.4 Å². The van der Waals surface area contributed by atoms with Crippen molar-refractivity contribution in [2.75, 3.05) is 5.32 Å². The van der Waals surface area contributed by atoms with Crippen LogP contribution in [-0.4, -0.2) is 14.9 Å². The average molecular weight is 379 g/mol. The summed E-state index contributed by atoms with van der Waals surface area (Å²) in [5.74, 6) is 1.20. The number of rotatable bonds is 4. The molecule has 0 aliphatic rings. The average Bonchev–Trinajstić information content (AvgIpc) is 2.69. The molecular formula is C20H15ClN4O2. The van der Waals surface area contributed by atoms with Gasteiger partial charge in [-0.15, -0.1) is 12.4 Å². The van der Waals surface area contributed by atoms with Crippen molar-refractivity contribution in [3.8, 4) is 11.4 Å². The number of halogens is 1. The van der Waals surface area contributed by atoms with Gasteiger partial charge in [0.1, 0.15) is 5.82 Å². The quantitative estimate of drug-likeness (QED) is 0.381. The Morgan fingerprint density at radius 1 is 0.852 bits per heavy atom. The van der Waals surface area contributed by atoms with E-state index in [1.54, 1.807) is 12.1 Å². The third kappa shape index (κ3) is 3.86. The van der Waals surface area contributed by atoms with Gasteiger partial charge < -0.3 is 5.32 Å². The van der Waals surface area contributed by atoms with Crippen LogP contribution >= 0.6 is 12.4 Å². The fraction of sp³-hybridized carbons (Fsp3) is 0. The molecule has 0 spiro atoms. The van der Waals surface area contributed by atoms with E-state index in [4.69, 9.17) is 0 Å². The Kier molecular flexibility index (Phi) is 5.28. The lowest BCUT2D eigenvalue weighted by Crippen LogP contribution is -2.00. The zero-order chi connectivity index (χ0) is 17.9. The van der Waals surface area contributed by atoms with Gasteiger partial charge in [0, 0.05) is 28.8 Å². The molecule has 0 bridgehead atoms. The summed E-state index contributed by atoms with van der Waals surface area (Å²) in [5, 5.41) is 15.1. The van der Waals surface area contributed by atoms with Crippen molar-refractivity contribution < 1.29 is 4.92 Å². The molecule has 1 heterocycles. The maximum atomic E-state index is 11.0. The van der Waals surface area contributed by atoms with E-state index < -0.39 is 4.92 Å². The number of nitro benzene ring substituents is 1. The van der Waals surface area contributed by atoms with Gasteiger partial charge in [0.25, 0.3) is 5.69 Å². The lowest BCUT2D eigenvalue weighted by Gasteiger charge is -2.11. The highest BCUT2D eigenvalue weighted by Gasteiger charge is 2.11. The summed E-state index contributed by atoms with van der Waals surface area (Å²) in [6.45, 7) is 0. The summed E-state index contributed by atoms with van der Waals surface area (Å²) in [7, 11) is 0. The number of nitrogens with zero attached hydrogens (tertiary/aromatic N) is 3. The van der Waals surface area contributed by atoms with Crippen LogP contribution in [0.2, 0.25) is 0 Å². The van der Waals surface area contributed by atoms with Crippen LogP contribution < -0.4 is 5.32 Å². The van der Waals surface area contributed by atoms with Crippen LogP contribution in [-0.2, 0) is 0 Å². The zero-order valence-electron chi connectivity index (χ0n) is 14.1. The highest BCUT2D eigenvalue weighted by Crippen LogP contribution is 2.28. The molecule has 0 atom stereocenters. The Morgan fingerprint density at radius 2 is 1.59 bits per heavy atom. The lowest BCUT2D eigenvalue weighted by atomic mass is 10.2. The molecule has 0 amide bonds. The van der Waals surface area contributed by atoms with Crippen molar-refractivity contribution in [1.29, 1.82) is 0 Å². The lowest BCUT2D eigenvalue weighted by molar-refractivity contribution is -0.384. The number of benzene rings is 3. The molecule has 0 radical (unpaired) electrons. The van der Waals surface area contributed by atoms with E-state index in [0.29, 0.717) is 17.3 Å². The van der Waals surface area contributed by atoms with Gasteiger partial charge in [-0.05, 0) is 18.2 Å². The topological polar surface area (TPSA) is 81.0 Å². The van der Waals surface area contributed by atoms with Crippen LogP contribution in [0.4, 0.5) is 17.2 Å². The van der Waals surface area contributed by atoms with Crippen molar-refractivity contribution in [2.24, 2.45) is 0 Å². The van der Waals surface area contributed by atoms with E-state index in [9.17, 15) is 10.1 Å². The molecule has 0 saturated carbocycles. The smallest absolute Gasteiger partial charge is 0.271 e. The SMILES string of the molecule is Cl.O=[N+]([O-])c1cccc(Nc2nc(-c3ccccc3)nc3ccccc23)c1. The minimum atomic E-state index is -0.418. The predicted octanol–water partition coefficient (Wildman–Crippen LogP) is 5.37. The number of hydrogen-bond acceptors (Lipinski definition) is 5. The second-order valence-corrected chi connectivity index (χ2v) is 5.71. The van der Waals surface area contributed by atoms with E-state index >= 15 is 0 Å². The summed E-state index contributed by atoms with van der Waals surface area (Å²) >= 11 is 0. The standard InChI is InChI=1S/C20H14N4O2.ClH/c25-24(26)16-10-6-9-15(13-16)21-20-17-11-4-5-12-18(17)22-19(23-20)14-7-2-1-3-8-14;/h1-13H,(H,21,22,23);1H. The van der Waals surface area contributed by atoms with Crippen molar-refractivity contribution in [1.82, 2.24) is 9.97 Å². The van der Waals surface area contributed by atoms with E-state index in [0.717, 1.165) is 16.5 Å². The Labute approximate surface area is 161 Å². The van der Waals surface area contributed by atoms with E-state index in [1.807, 2.05) is 54.6 Å². The van der Waals surface area contributed by atoms with Crippen molar-refractivity contribution in [3.63, 3.8) is 0 Å². The first-order valence-electron chi connectivity index (χ1n) is 8.04. The first-order valence-corrected chi connectivity index (χ1v) is 8.04. The zero-order valence-corrected chi connectivity index (χ0v) is 14.9. The Hall–Kier alpha value is -3.51. The van der Waals surface area contributed by atoms with E-state index in [-0.39, 0.29) is 18.1 Å². The number of non-ortho nitro benzene ring substituents is 1. The second kappa shape index (κ2) is 7.80. The number of fused-ring (bicyclic) bond motifs is 1. The second-order valence-electron chi connectivity index (χ2n) is 5.71. The van der Waals surface area contributed by atoms with Crippen LogP contribution in [0.5, 0.6) is 0 Å². The van der Waals surface area contributed by atoms with Crippen LogP contribution in [0.25, 0.3) is 22.3 Å². The minimum Gasteiger partial charge on any atom is -0.339 e. The number of hydrogen-bond donors (Lipinski definition) is 1. The number of aromatic nitrogens is 2. The van der Waals surface area contributed by atoms with Gasteiger partial charge in [0.15, 0.2) is 5.82 Å². The highest BCUT2D eigenvalue weighted by atomic mass is 35.5. The molecule has 0 unspecified atom stereocenters. The number of nitrogens with one attached hydrogen (secondary N) is 1. The van der Waals surface area contributed by atoms with E-state index in [1.165, 1.54) is 12.1 Å². The fourth-order valence-corrected chi connectivity index (χ4v) is 2.72. The molecule has 0 aliphatic heterocycles. The Balaban J connectivity index is 0.00000210. The largest absolute Gasteiger partial charge is 0.339 e. The summed E-state index contributed by atoms with van der Waals surface area (Å²) < 4.78 is 0. The molecule has 3 aromatic carbocycles. The van der Waals surface area contributed by atoms with Crippen LogP contribution in [0.1, 0.15) is 0 Å². The van der Waals surface area contributed by atoms with Crippen LogP contribution in [0.3, 0.4) is 0 Å². The van der Waals surface area contributed by atoms with E-state index in [2.05, 4.69) is 15.3 Å². The minimum absolute atomic E-state index is 0. The summed E-state index contributed by atoms with van der Waals surface area (Å²) in [6.07, 6.45) is 0. The molecule has 4 aromatic rings. The molecule has 134 valence electrons. The first kappa shape index (κ1) is 18.3. The normalized spacial score (nSPS) is 10.2. The summed E-state index contributed by atoms with van der Waals surface area (Å²) in [4.78, 5) is 19.9. The van der Waals surface area contributed by atoms with Gasteiger partial charge in [0.2, 0.25) is 0 Å². The third-order valence-corrected chi connectivity index (χ3v) is 3.95. The molecule has 27 heavy (non-hydrogen) atoms. The molecular weight excluding hydrogens is 364 g/mol. The number of para-hydroxylation sites is 1. The van der Waals surface area contributed by atoms with Crippen molar-refractivity contribution in [2.45, 2.75) is 0 Å². The summed E-state index contributed by atoms with van der Waals surface area (Å²) in [6, 6.07) is 23.7. The van der Waals surface area contributed by atoms with Crippen molar-refractivity contribution >= 4 is 40.5 Å². The molecule has 6 nitrogen and oxygen atoms in total. The monoisotopic (exact) mass is 378 g/mol. The molecule has 1 N–H and O–H groups in total. The first-order chi connectivity index (χ1) is 12.7.